The Balaban J connectivity index is 2.20. The predicted octanol–water partition coefficient (Wildman–Crippen LogP) is 3.59. The van der Waals surface area contributed by atoms with Gasteiger partial charge in [-0.3, -0.25) is 0 Å². The van der Waals surface area contributed by atoms with E-state index in [1.807, 2.05) is 24.3 Å². The molecule has 0 unspecified atom stereocenters. The quantitative estimate of drug-likeness (QED) is 0.747. The average molecular weight is 228 g/mol. The molecule has 0 fully saturated rings. The summed E-state index contributed by atoms with van der Waals surface area (Å²) < 4.78 is 23.7. The Morgan fingerprint density at radius 2 is 1.76 bits per heavy atom. The van der Waals surface area contributed by atoms with Gasteiger partial charge in [0, 0.05) is 6.07 Å². The van der Waals surface area contributed by atoms with Gasteiger partial charge in [-0.05, 0) is 24.3 Å². The lowest BCUT2D eigenvalue weighted by atomic mass is 10.3. The van der Waals surface area contributed by atoms with E-state index in [2.05, 4.69) is 0 Å². The second kappa shape index (κ2) is 5.04. The van der Waals surface area contributed by atoms with E-state index in [9.17, 15) is 4.39 Å². The van der Waals surface area contributed by atoms with E-state index in [0.29, 0.717) is 5.75 Å². The van der Waals surface area contributed by atoms with Gasteiger partial charge >= 0.3 is 0 Å². The molecule has 3 heteroatoms. The van der Waals surface area contributed by atoms with Crippen LogP contribution in [0.4, 0.5) is 4.39 Å². The summed E-state index contributed by atoms with van der Waals surface area (Å²) in [5.41, 5.74) is 0. The number of benzene rings is 2. The first-order chi connectivity index (χ1) is 8.29. The van der Waals surface area contributed by atoms with Gasteiger partial charge in [0.1, 0.15) is 17.6 Å². The first kappa shape index (κ1) is 11.0. The Labute approximate surface area is 98.6 Å². The van der Waals surface area contributed by atoms with Crippen molar-refractivity contribution in [2.24, 2.45) is 0 Å². The zero-order valence-corrected chi connectivity index (χ0v) is 8.89. The molecule has 2 aromatic carbocycles. The van der Waals surface area contributed by atoms with Gasteiger partial charge in [0.15, 0.2) is 11.6 Å². The highest BCUT2D eigenvalue weighted by Gasteiger charge is 2.06. The summed E-state index contributed by atoms with van der Waals surface area (Å²) in [5, 5.41) is 0. The fourth-order valence-electron chi connectivity index (χ4n) is 1.31. The van der Waals surface area contributed by atoms with Crippen molar-refractivity contribution in [2.45, 2.75) is 0 Å². The number of ether oxygens (including phenoxy) is 2. The van der Waals surface area contributed by atoms with Gasteiger partial charge in [-0.15, -0.1) is 0 Å². The van der Waals surface area contributed by atoms with Crippen LogP contribution in [0.1, 0.15) is 0 Å². The van der Waals surface area contributed by atoms with Crippen LogP contribution in [0, 0.1) is 18.3 Å². The molecule has 0 aliphatic carbocycles. The molecule has 0 aliphatic rings. The Hall–Kier alpha value is -2.47. The number of halogens is 1. The number of rotatable bonds is 3. The minimum absolute atomic E-state index is 0.126. The van der Waals surface area contributed by atoms with Crippen LogP contribution in [0.25, 0.3) is 0 Å². The van der Waals surface area contributed by atoms with Crippen molar-refractivity contribution in [3.63, 3.8) is 0 Å². The van der Waals surface area contributed by atoms with Crippen LogP contribution in [0.15, 0.2) is 48.5 Å². The Morgan fingerprint density at radius 1 is 1.00 bits per heavy atom. The van der Waals surface area contributed by atoms with Crippen LogP contribution >= 0.6 is 0 Å². The van der Waals surface area contributed by atoms with E-state index in [0.717, 1.165) is 0 Å². The fraction of sp³-hybridized carbons (Fsp3) is 0. The third kappa shape index (κ3) is 2.76. The zero-order chi connectivity index (χ0) is 12.1. The number of hydrogen-bond donors (Lipinski definition) is 0. The highest BCUT2D eigenvalue weighted by molar-refractivity contribution is 5.37. The van der Waals surface area contributed by atoms with Crippen LogP contribution in [0.5, 0.6) is 17.2 Å². The molecule has 0 amide bonds. The maximum absolute atomic E-state index is 13.6. The molecule has 84 valence electrons. The maximum Gasteiger partial charge on any atom is 0.169 e. The van der Waals surface area contributed by atoms with Gasteiger partial charge < -0.3 is 9.47 Å². The largest absolute Gasteiger partial charge is 0.454 e. The Morgan fingerprint density at radius 3 is 2.41 bits per heavy atom. The molecular weight excluding hydrogens is 219 g/mol. The standard InChI is InChI=1S/C14H9FO2/c1-2-16-12-8-9-14(13(15)10-12)17-11-6-4-3-5-7-11/h1,3-10H. The number of para-hydroxylation sites is 1. The lowest BCUT2D eigenvalue weighted by Gasteiger charge is -2.07. The van der Waals surface area contributed by atoms with Gasteiger partial charge in [-0.1, -0.05) is 24.6 Å². The van der Waals surface area contributed by atoms with Crippen LogP contribution in [-0.4, -0.2) is 0 Å². The molecule has 2 rings (SSSR count). The van der Waals surface area contributed by atoms with E-state index in [4.69, 9.17) is 15.9 Å². The number of hydrogen-bond acceptors (Lipinski definition) is 2. The van der Waals surface area contributed by atoms with E-state index in [1.54, 1.807) is 18.2 Å². The van der Waals surface area contributed by atoms with Crippen molar-refractivity contribution in [1.82, 2.24) is 0 Å². The molecule has 0 aromatic heterocycles. The molecule has 0 saturated heterocycles. The molecule has 0 saturated carbocycles. The van der Waals surface area contributed by atoms with Gasteiger partial charge in [0.25, 0.3) is 0 Å². The summed E-state index contributed by atoms with van der Waals surface area (Å²) in [4.78, 5) is 0. The molecule has 0 spiro atoms. The third-order valence-electron chi connectivity index (χ3n) is 2.05. The SMILES string of the molecule is C#COc1ccc(Oc2ccccc2)c(F)c1. The first-order valence-corrected chi connectivity index (χ1v) is 4.94. The summed E-state index contributed by atoms with van der Waals surface area (Å²) in [6, 6.07) is 13.1. The van der Waals surface area contributed by atoms with Crippen LogP contribution < -0.4 is 9.47 Å². The molecule has 2 nitrogen and oxygen atoms in total. The number of terminal acetylenes is 1. The third-order valence-corrected chi connectivity index (χ3v) is 2.05. The predicted molar refractivity (Wildman–Crippen MR) is 62.4 cm³/mol. The molecule has 0 aliphatic heterocycles. The van der Waals surface area contributed by atoms with Crippen LogP contribution in [-0.2, 0) is 0 Å². The first-order valence-electron chi connectivity index (χ1n) is 4.94. The van der Waals surface area contributed by atoms with Crippen molar-refractivity contribution in [1.29, 1.82) is 0 Å². The van der Waals surface area contributed by atoms with Gasteiger partial charge in [0.2, 0.25) is 0 Å². The van der Waals surface area contributed by atoms with E-state index >= 15 is 0 Å². The van der Waals surface area contributed by atoms with Crippen molar-refractivity contribution >= 4 is 0 Å². The van der Waals surface area contributed by atoms with Gasteiger partial charge in [0.05, 0.1) is 0 Å². The van der Waals surface area contributed by atoms with Crippen molar-refractivity contribution in [3.8, 4) is 29.8 Å². The summed E-state index contributed by atoms with van der Waals surface area (Å²) >= 11 is 0. The second-order valence-corrected chi connectivity index (χ2v) is 3.23. The highest BCUT2D eigenvalue weighted by atomic mass is 19.1. The van der Waals surface area contributed by atoms with Crippen molar-refractivity contribution in [3.05, 3.63) is 54.3 Å². The summed E-state index contributed by atoms with van der Waals surface area (Å²) in [5.74, 6) is 0.435. The minimum Gasteiger partial charge on any atom is -0.454 e. The summed E-state index contributed by atoms with van der Waals surface area (Å²) in [7, 11) is 0. The molecule has 0 radical (unpaired) electrons. The molecular formula is C14H9FO2. The highest BCUT2D eigenvalue weighted by Crippen LogP contribution is 2.27. The lowest BCUT2D eigenvalue weighted by molar-refractivity contribution is 0.436. The molecule has 0 atom stereocenters. The molecule has 0 N–H and O–H groups in total. The Bertz CT molecular complexity index is 544. The monoisotopic (exact) mass is 228 g/mol. The van der Waals surface area contributed by atoms with Crippen LogP contribution in [0.3, 0.4) is 0 Å². The van der Waals surface area contributed by atoms with Gasteiger partial charge in [-0.25, -0.2) is 4.39 Å². The lowest BCUT2D eigenvalue weighted by Crippen LogP contribution is -1.89. The summed E-state index contributed by atoms with van der Waals surface area (Å²) in [6.07, 6.45) is 6.92. The molecule has 0 heterocycles. The molecule has 0 bridgehead atoms. The van der Waals surface area contributed by atoms with Gasteiger partial charge in [-0.2, -0.15) is 0 Å². The topological polar surface area (TPSA) is 18.5 Å². The molecule has 2 aromatic rings. The second-order valence-electron chi connectivity index (χ2n) is 3.23. The normalized spacial score (nSPS) is 9.41. The summed E-state index contributed by atoms with van der Waals surface area (Å²) in [6.45, 7) is 0. The van der Waals surface area contributed by atoms with E-state index < -0.39 is 5.82 Å². The maximum atomic E-state index is 13.6. The average Bonchev–Trinajstić information content (AvgIpc) is 2.34. The van der Waals surface area contributed by atoms with E-state index in [1.165, 1.54) is 12.1 Å². The zero-order valence-electron chi connectivity index (χ0n) is 8.89. The fourth-order valence-corrected chi connectivity index (χ4v) is 1.31. The van der Waals surface area contributed by atoms with Crippen LogP contribution in [0.2, 0.25) is 0 Å². The molecule has 17 heavy (non-hydrogen) atoms. The smallest absolute Gasteiger partial charge is 0.169 e. The van der Waals surface area contributed by atoms with Crippen molar-refractivity contribution < 1.29 is 13.9 Å². The van der Waals surface area contributed by atoms with Crippen molar-refractivity contribution in [2.75, 3.05) is 0 Å². The Kier molecular flexibility index (Phi) is 3.27. The minimum atomic E-state index is -0.526. The van der Waals surface area contributed by atoms with E-state index in [-0.39, 0.29) is 11.5 Å².